The van der Waals surface area contributed by atoms with Crippen molar-refractivity contribution in [1.82, 2.24) is 5.32 Å². The molecular formula is C15H15FN2O. The second-order valence-electron chi connectivity index (χ2n) is 5.08. The molecule has 3 nitrogen and oxygen atoms in total. The molecule has 1 aliphatic carbocycles. The highest BCUT2D eigenvalue weighted by atomic mass is 19.1. The van der Waals surface area contributed by atoms with E-state index in [1.54, 1.807) is 24.3 Å². The van der Waals surface area contributed by atoms with E-state index in [1.165, 1.54) is 12.1 Å². The lowest BCUT2D eigenvalue weighted by molar-refractivity contribution is 0.0934. The van der Waals surface area contributed by atoms with Gasteiger partial charge in [0.1, 0.15) is 5.82 Å². The molecule has 0 atom stereocenters. The summed E-state index contributed by atoms with van der Waals surface area (Å²) < 4.78 is 13.7. The van der Waals surface area contributed by atoms with Gasteiger partial charge >= 0.3 is 0 Å². The summed E-state index contributed by atoms with van der Waals surface area (Å²) in [6.07, 6.45) is 1.82. The standard InChI is InChI=1S/C15H15FN2O/c16-13-6-5-12(10-3-1-2-4-11(10)13)14(19)18-15(9-17)7-8-15/h1-6H,7-9,17H2,(H,18,19). The Labute approximate surface area is 110 Å². The molecule has 0 radical (unpaired) electrons. The number of halogens is 1. The predicted octanol–water partition coefficient (Wildman–Crippen LogP) is 2.20. The smallest absolute Gasteiger partial charge is 0.252 e. The number of fused-ring (bicyclic) bond motifs is 1. The van der Waals surface area contributed by atoms with Crippen LogP contribution in [-0.4, -0.2) is 18.0 Å². The fourth-order valence-electron chi connectivity index (χ4n) is 2.30. The maximum Gasteiger partial charge on any atom is 0.252 e. The molecule has 1 fully saturated rings. The topological polar surface area (TPSA) is 55.1 Å². The quantitative estimate of drug-likeness (QED) is 0.886. The van der Waals surface area contributed by atoms with Crippen LogP contribution >= 0.6 is 0 Å². The first-order chi connectivity index (χ1) is 9.15. The molecule has 1 saturated carbocycles. The van der Waals surface area contributed by atoms with Gasteiger partial charge in [0.2, 0.25) is 0 Å². The van der Waals surface area contributed by atoms with Gasteiger partial charge in [-0.15, -0.1) is 0 Å². The van der Waals surface area contributed by atoms with E-state index in [1.807, 2.05) is 0 Å². The zero-order valence-electron chi connectivity index (χ0n) is 10.4. The van der Waals surface area contributed by atoms with E-state index in [-0.39, 0.29) is 17.3 Å². The molecule has 3 N–H and O–H groups in total. The van der Waals surface area contributed by atoms with Gasteiger partial charge in [-0.25, -0.2) is 4.39 Å². The highest BCUT2D eigenvalue weighted by Crippen LogP contribution is 2.34. The Balaban J connectivity index is 2.01. The summed E-state index contributed by atoms with van der Waals surface area (Å²) in [6, 6.07) is 9.86. The van der Waals surface area contributed by atoms with E-state index >= 15 is 0 Å². The molecule has 0 heterocycles. The first-order valence-electron chi connectivity index (χ1n) is 6.35. The Hall–Kier alpha value is -1.94. The van der Waals surface area contributed by atoms with Gasteiger partial charge < -0.3 is 11.1 Å². The Morgan fingerprint density at radius 2 is 1.89 bits per heavy atom. The lowest BCUT2D eigenvalue weighted by Crippen LogP contribution is -2.42. The summed E-state index contributed by atoms with van der Waals surface area (Å²) in [7, 11) is 0. The Kier molecular flexibility index (Phi) is 2.75. The SMILES string of the molecule is NCC1(NC(=O)c2ccc(F)c3ccccc23)CC1. The first kappa shape index (κ1) is 12.1. The minimum absolute atomic E-state index is 0.181. The summed E-state index contributed by atoms with van der Waals surface area (Å²) >= 11 is 0. The number of benzene rings is 2. The fourth-order valence-corrected chi connectivity index (χ4v) is 2.30. The van der Waals surface area contributed by atoms with Gasteiger partial charge in [-0.3, -0.25) is 4.79 Å². The van der Waals surface area contributed by atoms with Crippen LogP contribution < -0.4 is 11.1 Å². The summed E-state index contributed by atoms with van der Waals surface area (Å²) in [5.74, 6) is -0.494. The van der Waals surface area contributed by atoms with Crippen molar-refractivity contribution >= 4 is 16.7 Å². The largest absolute Gasteiger partial charge is 0.345 e. The highest BCUT2D eigenvalue weighted by Gasteiger charge is 2.42. The van der Waals surface area contributed by atoms with Crippen LogP contribution in [0.2, 0.25) is 0 Å². The van der Waals surface area contributed by atoms with E-state index in [9.17, 15) is 9.18 Å². The Morgan fingerprint density at radius 3 is 2.53 bits per heavy atom. The van der Waals surface area contributed by atoms with Crippen molar-refractivity contribution in [3.63, 3.8) is 0 Å². The number of nitrogens with two attached hydrogens (primary N) is 1. The molecule has 0 saturated heterocycles. The van der Waals surface area contributed by atoms with Crippen molar-refractivity contribution in [3.8, 4) is 0 Å². The zero-order chi connectivity index (χ0) is 13.5. The number of carbonyl (C=O) groups excluding carboxylic acids is 1. The summed E-state index contributed by atoms with van der Waals surface area (Å²) in [5.41, 5.74) is 5.91. The van der Waals surface area contributed by atoms with Gasteiger partial charge in [-0.1, -0.05) is 24.3 Å². The van der Waals surface area contributed by atoms with Gasteiger partial charge in [0, 0.05) is 17.5 Å². The molecule has 1 amide bonds. The van der Waals surface area contributed by atoms with Gasteiger partial charge in [0.05, 0.1) is 5.54 Å². The number of amides is 1. The lowest BCUT2D eigenvalue weighted by Gasteiger charge is -2.16. The molecule has 2 aromatic carbocycles. The van der Waals surface area contributed by atoms with Crippen molar-refractivity contribution in [1.29, 1.82) is 0 Å². The third-order valence-electron chi connectivity index (χ3n) is 3.74. The third kappa shape index (κ3) is 2.08. The molecule has 1 aliphatic rings. The van der Waals surface area contributed by atoms with Crippen molar-refractivity contribution < 1.29 is 9.18 Å². The van der Waals surface area contributed by atoms with Gasteiger partial charge in [-0.2, -0.15) is 0 Å². The van der Waals surface area contributed by atoms with Gasteiger partial charge in [0.15, 0.2) is 0 Å². The summed E-state index contributed by atoms with van der Waals surface area (Å²) in [5, 5.41) is 4.06. The normalized spacial score (nSPS) is 16.3. The zero-order valence-corrected chi connectivity index (χ0v) is 10.4. The molecule has 2 aromatic rings. The van der Waals surface area contributed by atoms with Crippen molar-refractivity contribution in [2.45, 2.75) is 18.4 Å². The van der Waals surface area contributed by atoms with E-state index in [0.717, 1.165) is 12.8 Å². The van der Waals surface area contributed by atoms with Crippen molar-refractivity contribution in [3.05, 3.63) is 47.8 Å². The molecule has 0 spiro atoms. The number of hydrogen-bond donors (Lipinski definition) is 2. The molecule has 0 unspecified atom stereocenters. The maximum atomic E-state index is 13.7. The molecule has 0 aliphatic heterocycles. The minimum Gasteiger partial charge on any atom is -0.345 e. The third-order valence-corrected chi connectivity index (χ3v) is 3.74. The molecule has 0 aromatic heterocycles. The molecule has 4 heteroatoms. The molecule has 0 bridgehead atoms. The van der Waals surface area contributed by atoms with Crippen LogP contribution in [0.15, 0.2) is 36.4 Å². The predicted molar refractivity (Wildman–Crippen MR) is 72.4 cm³/mol. The van der Waals surface area contributed by atoms with E-state index in [2.05, 4.69) is 5.32 Å². The van der Waals surface area contributed by atoms with Gasteiger partial charge in [-0.05, 0) is 30.4 Å². The minimum atomic E-state index is -0.313. The Bertz CT molecular complexity index is 650. The highest BCUT2D eigenvalue weighted by molar-refractivity contribution is 6.07. The second-order valence-corrected chi connectivity index (χ2v) is 5.08. The molecule has 98 valence electrons. The Morgan fingerprint density at radius 1 is 1.21 bits per heavy atom. The van der Waals surface area contributed by atoms with Gasteiger partial charge in [0.25, 0.3) is 5.91 Å². The average Bonchev–Trinajstić information content (AvgIpc) is 3.19. The van der Waals surface area contributed by atoms with Crippen LogP contribution in [0.3, 0.4) is 0 Å². The lowest BCUT2D eigenvalue weighted by atomic mass is 10.0. The molecule has 3 rings (SSSR count). The van der Waals surface area contributed by atoms with Crippen LogP contribution in [0.5, 0.6) is 0 Å². The van der Waals surface area contributed by atoms with Crippen LogP contribution in [0.1, 0.15) is 23.2 Å². The summed E-state index contributed by atoms with van der Waals surface area (Å²) in [4.78, 5) is 12.3. The number of hydrogen-bond acceptors (Lipinski definition) is 2. The summed E-state index contributed by atoms with van der Waals surface area (Å²) in [6.45, 7) is 0.442. The van der Waals surface area contributed by atoms with Crippen molar-refractivity contribution in [2.75, 3.05) is 6.54 Å². The fraction of sp³-hybridized carbons (Fsp3) is 0.267. The van der Waals surface area contributed by atoms with Crippen LogP contribution in [0, 0.1) is 5.82 Å². The molecule has 19 heavy (non-hydrogen) atoms. The average molecular weight is 258 g/mol. The number of carbonyl (C=O) groups is 1. The first-order valence-corrected chi connectivity index (χ1v) is 6.35. The second kappa shape index (κ2) is 4.31. The van der Waals surface area contributed by atoms with Crippen molar-refractivity contribution in [2.24, 2.45) is 5.73 Å². The monoisotopic (exact) mass is 258 g/mol. The van der Waals surface area contributed by atoms with E-state index in [4.69, 9.17) is 5.73 Å². The maximum absolute atomic E-state index is 13.7. The molecular weight excluding hydrogens is 243 g/mol. The van der Waals surface area contributed by atoms with E-state index < -0.39 is 0 Å². The van der Waals surface area contributed by atoms with Crippen LogP contribution in [0.25, 0.3) is 10.8 Å². The van der Waals surface area contributed by atoms with Crippen LogP contribution in [-0.2, 0) is 0 Å². The number of rotatable bonds is 3. The van der Waals surface area contributed by atoms with Crippen LogP contribution in [0.4, 0.5) is 4.39 Å². The number of nitrogens with one attached hydrogen (secondary N) is 1. The van der Waals surface area contributed by atoms with E-state index in [0.29, 0.717) is 22.9 Å².